The Morgan fingerprint density at radius 2 is 1.87 bits per heavy atom. The monoisotopic (exact) mass is 322 g/mol. The van der Waals surface area contributed by atoms with Crippen molar-refractivity contribution in [2.45, 2.75) is 109 Å². The molecular formula is C20H34O3. The molecule has 5 unspecified atom stereocenters. The van der Waals surface area contributed by atoms with Crippen LogP contribution in [0.4, 0.5) is 0 Å². The van der Waals surface area contributed by atoms with Crippen LogP contribution in [0.5, 0.6) is 0 Å². The molecule has 0 aliphatic carbocycles. The fraction of sp³-hybridized carbons (Fsp3) is 0.900. The molecule has 0 aromatic carbocycles. The van der Waals surface area contributed by atoms with Crippen LogP contribution in [-0.2, 0) is 9.47 Å². The summed E-state index contributed by atoms with van der Waals surface area (Å²) in [5, 5.41) is 10.8. The highest BCUT2D eigenvalue weighted by Crippen LogP contribution is 2.49. The van der Waals surface area contributed by atoms with Crippen molar-refractivity contribution in [1.29, 1.82) is 0 Å². The summed E-state index contributed by atoms with van der Waals surface area (Å²) in [5.41, 5.74) is 0.883. The number of aliphatic hydroxyl groups is 1. The molecule has 0 aromatic heterocycles. The van der Waals surface area contributed by atoms with Gasteiger partial charge in [-0.15, -0.1) is 0 Å². The molecule has 0 aromatic rings. The molecule has 23 heavy (non-hydrogen) atoms. The fourth-order valence-corrected chi connectivity index (χ4v) is 4.46. The summed E-state index contributed by atoms with van der Waals surface area (Å²) in [4.78, 5) is 0. The Hall–Kier alpha value is -0.380. The van der Waals surface area contributed by atoms with Crippen molar-refractivity contribution < 1.29 is 14.6 Å². The highest BCUT2D eigenvalue weighted by molar-refractivity contribution is 5.10. The number of fused-ring (bicyclic) bond motifs is 3. The van der Waals surface area contributed by atoms with Gasteiger partial charge in [0.05, 0.1) is 29.0 Å². The van der Waals surface area contributed by atoms with E-state index in [9.17, 15) is 5.11 Å². The second-order valence-electron chi connectivity index (χ2n) is 8.90. The number of hydrogen-bond donors (Lipinski definition) is 1. The van der Waals surface area contributed by atoms with Gasteiger partial charge in [-0.25, -0.2) is 0 Å². The predicted octanol–water partition coefficient (Wildman–Crippen LogP) is 4.38. The van der Waals surface area contributed by atoms with E-state index in [1.807, 2.05) is 0 Å². The second-order valence-corrected chi connectivity index (χ2v) is 8.90. The van der Waals surface area contributed by atoms with Gasteiger partial charge in [0.2, 0.25) is 0 Å². The average molecular weight is 322 g/mol. The van der Waals surface area contributed by atoms with E-state index in [2.05, 4.69) is 40.7 Å². The van der Waals surface area contributed by atoms with Crippen LogP contribution in [0.15, 0.2) is 11.6 Å². The standard InChI is InChI=1S/C20H34O3/c1-14(2)20-11-8-15(3)6-7-17-19(5,22-17)10-9-16(21)18(4,23-20)12-13-20/h8,14,16-17,21H,6-7,9-13H2,1-5H3. The molecular weight excluding hydrogens is 288 g/mol. The van der Waals surface area contributed by atoms with Gasteiger partial charge in [-0.2, -0.15) is 0 Å². The predicted molar refractivity (Wildman–Crippen MR) is 92.4 cm³/mol. The number of hydrogen-bond acceptors (Lipinski definition) is 3. The number of ether oxygens (including phenoxy) is 2. The molecule has 2 bridgehead atoms. The minimum Gasteiger partial charge on any atom is -0.390 e. The van der Waals surface area contributed by atoms with Gasteiger partial charge in [0.15, 0.2) is 0 Å². The molecule has 0 spiro atoms. The third-order valence-electron chi connectivity index (χ3n) is 6.78. The summed E-state index contributed by atoms with van der Waals surface area (Å²) in [6.45, 7) is 11.0. The van der Waals surface area contributed by atoms with Gasteiger partial charge < -0.3 is 14.6 Å². The van der Waals surface area contributed by atoms with Gasteiger partial charge in [0.1, 0.15) is 0 Å². The zero-order valence-electron chi connectivity index (χ0n) is 15.5. The fourth-order valence-electron chi connectivity index (χ4n) is 4.46. The van der Waals surface area contributed by atoms with Gasteiger partial charge in [0.25, 0.3) is 0 Å². The average Bonchev–Trinajstić information content (AvgIpc) is 2.99. The SMILES string of the molecule is CC1=CCC2(C(C)C)CCC(C)(O2)C(O)CCC2(C)OC2CC1. The molecule has 3 rings (SSSR count). The second kappa shape index (κ2) is 5.86. The maximum Gasteiger partial charge on any atom is 0.0921 e. The molecule has 3 aliphatic rings. The molecule has 132 valence electrons. The number of rotatable bonds is 1. The maximum absolute atomic E-state index is 10.8. The Bertz CT molecular complexity index is 485. The molecule has 2 fully saturated rings. The van der Waals surface area contributed by atoms with Crippen molar-refractivity contribution in [3.05, 3.63) is 11.6 Å². The lowest BCUT2D eigenvalue weighted by Crippen LogP contribution is -2.44. The van der Waals surface area contributed by atoms with E-state index in [1.165, 1.54) is 5.57 Å². The van der Waals surface area contributed by atoms with Gasteiger partial charge >= 0.3 is 0 Å². The van der Waals surface area contributed by atoms with Gasteiger partial charge in [-0.05, 0) is 71.6 Å². The van der Waals surface area contributed by atoms with Crippen molar-refractivity contribution in [2.24, 2.45) is 5.92 Å². The Labute approximate surface area is 141 Å². The Balaban J connectivity index is 1.84. The van der Waals surface area contributed by atoms with Crippen molar-refractivity contribution in [1.82, 2.24) is 0 Å². The third-order valence-corrected chi connectivity index (χ3v) is 6.78. The highest BCUT2D eigenvalue weighted by Gasteiger charge is 2.54. The van der Waals surface area contributed by atoms with E-state index in [-0.39, 0.29) is 11.2 Å². The van der Waals surface area contributed by atoms with Crippen LogP contribution in [0, 0.1) is 5.92 Å². The third kappa shape index (κ3) is 3.25. The van der Waals surface area contributed by atoms with Gasteiger partial charge in [0, 0.05) is 0 Å². The lowest BCUT2D eigenvalue weighted by atomic mass is 9.82. The Morgan fingerprint density at radius 1 is 1.13 bits per heavy atom. The molecule has 3 nitrogen and oxygen atoms in total. The van der Waals surface area contributed by atoms with E-state index in [0.29, 0.717) is 12.0 Å². The van der Waals surface area contributed by atoms with Gasteiger partial charge in [-0.1, -0.05) is 25.5 Å². The van der Waals surface area contributed by atoms with E-state index < -0.39 is 11.7 Å². The maximum atomic E-state index is 10.8. The van der Waals surface area contributed by atoms with Crippen LogP contribution in [-0.4, -0.2) is 34.1 Å². The summed E-state index contributed by atoms with van der Waals surface area (Å²) < 4.78 is 12.6. The minimum atomic E-state index is -0.416. The first kappa shape index (κ1) is 17.4. The molecule has 3 heteroatoms. The summed E-state index contributed by atoms with van der Waals surface area (Å²) in [7, 11) is 0. The summed E-state index contributed by atoms with van der Waals surface area (Å²) in [6.07, 6.45) is 9.17. The summed E-state index contributed by atoms with van der Waals surface area (Å²) >= 11 is 0. The lowest BCUT2D eigenvalue weighted by Gasteiger charge is -2.38. The lowest BCUT2D eigenvalue weighted by molar-refractivity contribution is -0.163. The van der Waals surface area contributed by atoms with Crippen molar-refractivity contribution >= 4 is 0 Å². The first-order valence-electron chi connectivity index (χ1n) is 9.41. The first-order chi connectivity index (χ1) is 10.7. The van der Waals surface area contributed by atoms with Crippen LogP contribution in [0.1, 0.15) is 79.6 Å². The van der Waals surface area contributed by atoms with E-state index >= 15 is 0 Å². The number of allylic oxidation sites excluding steroid dienone is 1. The zero-order chi connectivity index (χ0) is 16.9. The van der Waals surface area contributed by atoms with Crippen LogP contribution >= 0.6 is 0 Å². The molecule has 0 saturated carbocycles. The van der Waals surface area contributed by atoms with Crippen molar-refractivity contribution in [3.63, 3.8) is 0 Å². The topological polar surface area (TPSA) is 42.0 Å². The molecule has 2 saturated heterocycles. The number of epoxide rings is 1. The van der Waals surface area contributed by atoms with Gasteiger partial charge in [-0.3, -0.25) is 0 Å². The van der Waals surface area contributed by atoms with E-state index in [1.54, 1.807) is 0 Å². The van der Waals surface area contributed by atoms with Crippen LogP contribution in [0.2, 0.25) is 0 Å². The molecule has 5 atom stereocenters. The molecule has 0 amide bonds. The normalized spacial score (nSPS) is 48.0. The quantitative estimate of drug-likeness (QED) is 0.575. The first-order valence-corrected chi connectivity index (χ1v) is 9.41. The summed E-state index contributed by atoms with van der Waals surface area (Å²) in [6, 6.07) is 0. The van der Waals surface area contributed by atoms with Crippen molar-refractivity contribution in [3.8, 4) is 0 Å². The van der Waals surface area contributed by atoms with Crippen LogP contribution in [0.25, 0.3) is 0 Å². The molecule has 1 N–H and O–H groups in total. The molecule has 0 radical (unpaired) electrons. The van der Waals surface area contributed by atoms with E-state index in [0.717, 1.165) is 44.9 Å². The molecule has 3 heterocycles. The van der Waals surface area contributed by atoms with Crippen LogP contribution in [0.3, 0.4) is 0 Å². The molecule has 3 aliphatic heterocycles. The smallest absolute Gasteiger partial charge is 0.0921 e. The largest absolute Gasteiger partial charge is 0.390 e. The zero-order valence-corrected chi connectivity index (χ0v) is 15.5. The minimum absolute atomic E-state index is 0.0284. The van der Waals surface area contributed by atoms with Crippen LogP contribution < -0.4 is 0 Å². The highest BCUT2D eigenvalue weighted by atomic mass is 16.6. The summed E-state index contributed by atoms with van der Waals surface area (Å²) in [5.74, 6) is 0.458. The number of aliphatic hydroxyl groups excluding tert-OH is 1. The Kier molecular flexibility index (Phi) is 4.44. The Morgan fingerprint density at radius 3 is 2.57 bits per heavy atom. The van der Waals surface area contributed by atoms with E-state index in [4.69, 9.17) is 9.47 Å². The van der Waals surface area contributed by atoms with Crippen molar-refractivity contribution in [2.75, 3.05) is 0 Å².